The van der Waals surface area contributed by atoms with Crippen molar-refractivity contribution in [3.05, 3.63) is 89.3 Å². The molecule has 0 aliphatic rings. The predicted molar refractivity (Wildman–Crippen MR) is 181 cm³/mol. The zero-order valence-corrected chi connectivity index (χ0v) is 31.8. The first-order chi connectivity index (χ1) is 20.8. The van der Waals surface area contributed by atoms with Gasteiger partial charge in [0.25, 0.3) is 0 Å². The van der Waals surface area contributed by atoms with Gasteiger partial charge >= 0.3 is 210 Å². The number of alkyl halides is 3. The second-order valence-corrected chi connectivity index (χ2v) is 16.2. The summed E-state index contributed by atoms with van der Waals surface area (Å²) < 4.78 is 37.7. The van der Waals surface area contributed by atoms with Crippen molar-refractivity contribution in [3.8, 4) is 11.3 Å². The number of nitrogens with zero attached hydrogens (tertiary/aromatic N) is 1. The number of aliphatic hydroxyl groups is 1. The van der Waals surface area contributed by atoms with E-state index in [-0.39, 0.29) is 51.5 Å². The van der Waals surface area contributed by atoms with Crippen LogP contribution in [0.25, 0.3) is 41.3 Å². The maximum Gasteiger partial charge on any atom is 0 e. The van der Waals surface area contributed by atoms with Gasteiger partial charge in [-0.15, -0.1) is 0 Å². The Bertz CT molecular complexity index is 1910. The molecule has 1 N–H and O–H groups in total. The van der Waals surface area contributed by atoms with Crippen LogP contribution in [0, 0.1) is 24.3 Å². The van der Waals surface area contributed by atoms with Crippen LogP contribution in [0.2, 0.25) is 0 Å². The molecule has 0 amide bonds. The van der Waals surface area contributed by atoms with Crippen LogP contribution in [0.5, 0.6) is 0 Å². The first-order valence-corrected chi connectivity index (χ1v) is 16.8. The van der Waals surface area contributed by atoms with E-state index < -0.39 is 23.6 Å². The summed E-state index contributed by atoms with van der Waals surface area (Å²) in [7, 11) is 0. The smallest absolute Gasteiger partial charge is 0 e. The van der Waals surface area contributed by atoms with Crippen molar-refractivity contribution in [3.63, 3.8) is 0 Å². The molecule has 0 aliphatic carbocycles. The van der Waals surface area contributed by atoms with Crippen LogP contribution >= 0.6 is 0 Å². The molecule has 0 saturated heterocycles. The van der Waals surface area contributed by atoms with Crippen LogP contribution in [0.1, 0.15) is 72.1 Å². The minimum absolute atomic E-state index is 0. The monoisotopic (exact) mass is 873 g/mol. The molecule has 3 nitrogen and oxygen atoms in total. The van der Waals surface area contributed by atoms with Gasteiger partial charge in [0.1, 0.15) is 0 Å². The molecule has 8 heteroatoms. The van der Waals surface area contributed by atoms with Crippen LogP contribution < -0.4 is 0 Å². The molecule has 5 aromatic rings. The van der Waals surface area contributed by atoms with Crippen LogP contribution in [0.3, 0.4) is 0 Å². The van der Waals surface area contributed by atoms with E-state index in [1.807, 2.05) is 6.20 Å². The van der Waals surface area contributed by atoms with Crippen molar-refractivity contribution in [1.82, 2.24) is 4.98 Å². The van der Waals surface area contributed by atoms with Gasteiger partial charge in [0, 0.05) is 32.1 Å². The van der Waals surface area contributed by atoms with E-state index in [1.165, 1.54) is 60.6 Å². The number of fused-ring (bicyclic) bond motifs is 4. The summed E-state index contributed by atoms with van der Waals surface area (Å²) in [6.07, 6.45) is -1.54. The van der Waals surface area contributed by atoms with Gasteiger partial charge in [0.15, 0.2) is 5.78 Å². The summed E-state index contributed by atoms with van der Waals surface area (Å²) in [5.41, 5.74) is 6.88. The Morgan fingerprint density at radius 1 is 0.957 bits per heavy atom. The largest absolute Gasteiger partial charge is 0 e. The average Bonchev–Trinajstić information content (AvgIpc) is 3.32. The third-order valence-corrected chi connectivity index (χ3v) is 10.4. The molecule has 0 unspecified atom stereocenters. The number of allylic oxidation sites excluding steroid dienone is 2. The number of pyridine rings is 1. The van der Waals surface area contributed by atoms with Crippen molar-refractivity contribution in [2.45, 2.75) is 80.3 Å². The Morgan fingerprint density at radius 3 is 2.17 bits per heavy atom. The molecule has 2 heterocycles. The number of ketones is 1. The third kappa shape index (κ3) is 8.58. The van der Waals surface area contributed by atoms with Crippen LogP contribution in [0.15, 0.2) is 66.6 Å². The molecule has 247 valence electrons. The van der Waals surface area contributed by atoms with Crippen molar-refractivity contribution in [2.75, 3.05) is 0 Å². The first kappa shape index (κ1) is 37.7. The number of aliphatic hydroxyl groups excluding tert-OH is 1. The van der Waals surface area contributed by atoms with Gasteiger partial charge in [0.2, 0.25) is 5.76 Å². The standard InChI is InChI=1S/C31H32NSe.C7H9F3O2.Ir/c1-19-21(18-30(2,3)4)12-13-24-25-14-15-32-27(29(25)33-28(19)24)22-16-20-10-8-9-11-23(20)26(17-22)31(5,6)7;1-4(2)5(11)3-6(12)7(8,9)10;/h8-15,17H,18H2,1-7H3;3-4,12H,1-2H3;/q-1;;/b;6-3-;. The molecule has 0 bridgehead atoms. The van der Waals surface area contributed by atoms with Gasteiger partial charge in [-0.05, 0) is 0 Å². The Balaban J connectivity index is 0.000000380. The topological polar surface area (TPSA) is 50.2 Å². The summed E-state index contributed by atoms with van der Waals surface area (Å²) in [6, 6.07) is 21.6. The quantitative estimate of drug-likeness (QED) is 0.0847. The number of aromatic nitrogens is 1. The van der Waals surface area contributed by atoms with Crippen LogP contribution in [-0.4, -0.2) is 36.6 Å². The molecule has 46 heavy (non-hydrogen) atoms. The van der Waals surface area contributed by atoms with Gasteiger partial charge in [-0.3, -0.25) is 4.79 Å². The number of carbonyl (C=O) groups is 1. The number of benzene rings is 3. The fourth-order valence-electron chi connectivity index (χ4n) is 5.26. The summed E-state index contributed by atoms with van der Waals surface area (Å²) in [5.74, 6) is -3.14. The summed E-state index contributed by atoms with van der Waals surface area (Å²) in [6.45, 7) is 19.1. The van der Waals surface area contributed by atoms with E-state index >= 15 is 0 Å². The zero-order chi connectivity index (χ0) is 33.5. The number of hydrogen-bond acceptors (Lipinski definition) is 3. The van der Waals surface area contributed by atoms with Gasteiger partial charge in [0.05, 0.1) is 0 Å². The second-order valence-electron chi connectivity index (χ2n) is 14.1. The van der Waals surface area contributed by atoms with Crippen molar-refractivity contribution < 1.29 is 43.2 Å². The average molecular weight is 872 g/mol. The Kier molecular flexibility index (Phi) is 11.6. The minimum Gasteiger partial charge on any atom is 0 e. The van der Waals surface area contributed by atoms with E-state index in [1.54, 1.807) is 0 Å². The second kappa shape index (κ2) is 14.2. The van der Waals surface area contributed by atoms with Gasteiger partial charge in [-0.2, -0.15) is 13.2 Å². The Morgan fingerprint density at radius 2 is 1.59 bits per heavy atom. The number of aryl methyl sites for hydroxylation is 1. The van der Waals surface area contributed by atoms with E-state index in [9.17, 15) is 18.0 Å². The maximum absolute atomic E-state index is 11.6. The summed E-state index contributed by atoms with van der Waals surface area (Å²) >= 11 is 0.244. The number of carbonyl (C=O) groups excluding carboxylic acids is 1. The molecule has 0 spiro atoms. The fraction of sp³-hybridized carbons (Fsp3) is 0.368. The van der Waals surface area contributed by atoms with E-state index in [2.05, 4.69) is 103 Å². The molecule has 3 aromatic carbocycles. The molecule has 2 aromatic heterocycles. The minimum atomic E-state index is -4.83. The Labute approximate surface area is 289 Å². The number of halogens is 3. The van der Waals surface area contributed by atoms with E-state index in [0.29, 0.717) is 0 Å². The molecule has 0 atom stereocenters. The molecule has 0 aliphatic heterocycles. The number of rotatable bonds is 4. The van der Waals surface area contributed by atoms with Crippen LogP contribution in [0.4, 0.5) is 13.2 Å². The van der Waals surface area contributed by atoms with E-state index in [0.717, 1.165) is 17.7 Å². The normalized spacial score (nSPS) is 12.8. The molecular weight excluding hydrogens is 831 g/mol. The van der Waals surface area contributed by atoms with Gasteiger partial charge in [-0.25, -0.2) is 0 Å². The van der Waals surface area contributed by atoms with Gasteiger partial charge < -0.3 is 5.11 Å². The van der Waals surface area contributed by atoms with Gasteiger partial charge in [-0.1, -0.05) is 13.8 Å². The SMILES string of the molecule is CC(C)C(=O)/C=C(\O)C(F)(F)F.Cc1c(CC(C)(C)C)ccc2c1[se]c1c(-c3[c-]c4ccccc4c(C(C)(C)C)c3)nccc12.[Ir]. The summed E-state index contributed by atoms with van der Waals surface area (Å²) in [5, 5.41) is 13.5. The van der Waals surface area contributed by atoms with Crippen LogP contribution in [-0.2, 0) is 36.7 Å². The molecule has 0 fully saturated rings. The third-order valence-electron chi connectivity index (χ3n) is 7.61. The van der Waals surface area contributed by atoms with Crippen molar-refractivity contribution in [1.29, 1.82) is 0 Å². The molecule has 5 rings (SSSR count). The maximum atomic E-state index is 11.6. The van der Waals surface area contributed by atoms with Crippen molar-refractivity contribution in [2.24, 2.45) is 11.3 Å². The predicted octanol–water partition coefficient (Wildman–Crippen LogP) is 10.5. The fourth-order valence-corrected chi connectivity index (χ4v) is 8.03. The molecule has 1 radical (unpaired) electrons. The van der Waals surface area contributed by atoms with E-state index in [4.69, 9.17) is 10.1 Å². The zero-order valence-electron chi connectivity index (χ0n) is 27.7. The summed E-state index contributed by atoms with van der Waals surface area (Å²) in [4.78, 5) is 15.6. The molecular formula is C38H41F3IrNO2Se-. The first-order valence-electron chi connectivity index (χ1n) is 15.0. The van der Waals surface area contributed by atoms with Crippen molar-refractivity contribution >= 4 is 50.4 Å². The number of hydrogen-bond donors (Lipinski definition) is 1. The Hall–Kier alpha value is -2.76. The molecule has 0 saturated carbocycles.